The Bertz CT molecular complexity index is 267. The summed E-state index contributed by atoms with van der Waals surface area (Å²) in [5.74, 6) is -0.205. The molecule has 0 aliphatic rings. The van der Waals surface area contributed by atoms with Gasteiger partial charge in [0.25, 0.3) is 0 Å². The van der Waals surface area contributed by atoms with Gasteiger partial charge in [-0.1, -0.05) is 0 Å². The van der Waals surface area contributed by atoms with Crippen LogP contribution in [0.25, 0.3) is 0 Å². The lowest BCUT2D eigenvalue weighted by Gasteiger charge is -2.00. The molecule has 5 heteroatoms. The fourth-order valence-electron chi connectivity index (χ4n) is 0.552. The second-order valence-corrected chi connectivity index (χ2v) is 2.42. The van der Waals surface area contributed by atoms with Crippen LogP contribution >= 0.6 is 0 Å². The molecule has 0 saturated carbocycles. The summed E-state index contributed by atoms with van der Waals surface area (Å²) >= 11 is 0. The Balaban J connectivity index is 2.71. The summed E-state index contributed by atoms with van der Waals surface area (Å²) in [4.78, 5) is 5.66. The van der Waals surface area contributed by atoms with E-state index in [2.05, 4.69) is 15.2 Å². The van der Waals surface area contributed by atoms with Gasteiger partial charge in [0.2, 0.25) is 5.95 Å². The Labute approximate surface area is 69.8 Å². The van der Waals surface area contributed by atoms with Crippen molar-refractivity contribution < 1.29 is 4.39 Å². The predicted octanol–water partition coefficient (Wildman–Crippen LogP) is 0.837. The molecule has 0 amide bonds. The fourth-order valence-corrected chi connectivity index (χ4v) is 0.552. The van der Waals surface area contributed by atoms with Crippen LogP contribution in [-0.2, 0) is 0 Å². The molecule has 0 bridgehead atoms. The maximum atomic E-state index is 12.2. The van der Waals surface area contributed by atoms with E-state index in [-0.39, 0.29) is 0 Å². The van der Waals surface area contributed by atoms with E-state index in [4.69, 9.17) is 0 Å². The molecule has 0 spiro atoms. The fraction of sp³-hybridized carbons (Fsp3) is 0.286. The zero-order chi connectivity index (χ0) is 8.97. The number of hydrogen-bond acceptors (Lipinski definition) is 3. The van der Waals surface area contributed by atoms with Gasteiger partial charge in [-0.25, -0.2) is 4.99 Å². The maximum Gasteiger partial charge on any atom is 0.233 e. The molecular formula is C7H9FN4. The topological polar surface area (TPSA) is 41.4 Å². The first-order chi connectivity index (χ1) is 5.68. The molecule has 0 N–H and O–H groups in total. The van der Waals surface area contributed by atoms with Crippen LogP contribution in [0.2, 0.25) is 0 Å². The number of aromatic nitrogens is 2. The molecule has 0 aliphatic heterocycles. The largest absolute Gasteiger partial charge is 0.369 e. The van der Waals surface area contributed by atoms with Crippen LogP contribution in [0.15, 0.2) is 17.1 Å². The molecular weight excluding hydrogens is 159 g/mol. The minimum Gasteiger partial charge on any atom is -0.369 e. The third kappa shape index (κ3) is 2.61. The number of halogens is 1. The summed E-state index contributed by atoms with van der Waals surface area (Å²) < 4.78 is 12.2. The number of aliphatic imine (C=N–C) groups is 1. The van der Waals surface area contributed by atoms with Crippen LogP contribution in [0, 0.1) is 5.95 Å². The average Bonchev–Trinajstić information content (AvgIpc) is 2.03. The van der Waals surface area contributed by atoms with Crippen LogP contribution in [-0.4, -0.2) is 35.5 Å². The quantitative estimate of drug-likeness (QED) is 0.485. The van der Waals surface area contributed by atoms with Gasteiger partial charge in [-0.3, -0.25) is 0 Å². The van der Waals surface area contributed by atoms with Crippen molar-refractivity contribution >= 4 is 12.2 Å². The molecule has 0 aliphatic carbocycles. The highest BCUT2D eigenvalue weighted by atomic mass is 19.1. The SMILES string of the molecule is CN(C)C=Nc1ccc(F)nn1. The Morgan fingerprint density at radius 2 is 2.17 bits per heavy atom. The smallest absolute Gasteiger partial charge is 0.233 e. The van der Waals surface area contributed by atoms with Gasteiger partial charge in [-0.15, -0.1) is 10.2 Å². The molecule has 0 fully saturated rings. The van der Waals surface area contributed by atoms with Crippen molar-refractivity contribution in [2.75, 3.05) is 14.1 Å². The lowest BCUT2D eigenvalue weighted by molar-refractivity contribution is 0.563. The van der Waals surface area contributed by atoms with Crippen molar-refractivity contribution in [2.45, 2.75) is 0 Å². The average molecular weight is 168 g/mol. The summed E-state index contributed by atoms with van der Waals surface area (Å²) in [6.45, 7) is 0. The monoisotopic (exact) mass is 168 g/mol. The summed E-state index contributed by atoms with van der Waals surface area (Å²) in [5.41, 5.74) is 0. The predicted molar refractivity (Wildman–Crippen MR) is 43.8 cm³/mol. The van der Waals surface area contributed by atoms with Crippen LogP contribution in [0.5, 0.6) is 0 Å². The van der Waals surface area contributed by atoms with Crippen molar-refractivity contribution in [3.05, 3.63) is 18.1 Å². The summed E-state index contributed by atoms with van der Waals surface area (Å²) in [5, 5.41) is 6.71. The molecule has 64 valence electrons. The summed E-state index contributed by atoms with van der Waals surface area (Å²) in [6, 6.07) is 2.68. The third-order valence-corrected chi connectivity index (χ3v) is 1.04. The van der Waals surface area contributed by atoms with Crippen molar-refractivity contribution in [3.8, 4) is 0 Å². The summed E-state index contributed by atoms with van der Waals surface area (Å²) in [7, 11) is 3.67. The Morgan fingerprint density at radius 1 is 1.42 bits per heavy atom. The highest BCUT2D eigenvalue weighted by Gasteiger charge is 1.92. The first-order valence-corrected chi connectivity index (χ1v) is 3.38. The van der Waals surface area contributed by atoms with Gasteiger partial charge in [0.1, 0.15) is 0 Å². The highest BCUT2D eigenvalue weighted by Crippen LogP contribution is 2.03. The molecule has 1 rings (SSSR count). The molecule has 4 nitrogen and oxygen atoms in total. The van der Waals surface area contributed by atoms with E-state index in [1.165, 1.54) is 12.1 Å². The zero-order valence-electron chi connectivity index (χ0n) is 6.90. The molecule has 1 aromatic rings. The van der Waals surface area contributed by atoms with E-state index in [0.717, 1.165) is 0 Å². The molecule has 1 heterocycles. The van der Waals surface area contributed by atoms with Crippen molar-refractivity contribution in [2.24, 2.45) is 4.99 Å². The van der Waals surface area contributed by atoms with Crippen molar-refractivity contribution in [1.29, 1.82) is 0 Å². The Kier molecular flexibility index (Phi) is 2.68. The first-order valence-electron chi connectivity index (χ1n) is 3.38. The molecule has 0 aromatic carbocycles. The molecule has 12 heavy (non-hydrogen) atoms. The van der Waals surface area contributed by atoms with Gasteiger partial charge in [-0.2, -0.15) is 4.39 Å². The van der Waals surface area contributed by atoms with E-state index < -0.39 is 5.95 Å². The van der Waals surface area contributed by atoms with Gasteiger partial charge < -0.3 is 4.90 Å². The highest BCUT2D eigenvalue weighted by molar-refractivity contribution is 5.58. The van der Waals surface area contributed by atoms with E-state index in [1.807, 2.05) is 14.1 Å². The normalized spacial score (nSPS) is 10.6. The van der Waals surface area contributed by atoms with Gasteiger partial charge >= 0.3 is 0 Å². The second-order valence-electron chi connectivity index (χ2n) is 2.42. The van der Waals surface area contributed by atoms with Crippen LogP contribution in [0.3, 0.4) is 0 Å². The Hall–Kier alpha value is -1.52. The van der Waals surface area contributed by atoms with E-state index in [0.29, 0.717) is 5.82 Å². The third-order valence-electron chi connectivity index (χ3n) is 1.04. The van der Waals surface area contributed by atoms with Crippen LogP contribution < -0.4 is 0 Å². The zero-order valence-corrected chi connectivity index (χ0v) is 6.90. The van der Waals surface area contributed by atoms with Crippen LogP contribution in [0.1, 0.15) is 0 Å². The lowest BCUT2D eigenvalue weighted by Crippen LogP contribution is -2.07. The van der Waals surface area contributed by atoms with E-state index in [9.17, 15) is 4.39 Å². The van der Waals surface area contributed by atoms with Crippen molar-refractivity contribution in [3.63, 3.8) is 0 Å². The van der Waals surface area contributed by atoms with Gasteiger partial charge in [0, 0.05) is 14.1 Å². The maximum absolute atomic E-state index is 12.2. The summed E-state index contributed by atoms with van der Waals surface area (Å²) in [6.07, 6.45) is 1.57. The van der Waals surface area contributed by atoms with Gasteiger partial charge in [0.15, 0.2) is 5.82 Å². The van der Waals surface area contributed by atoms with Gasteiger partial charge in [0.05, 0.1) is 6.34 Å². The molecule has 0 unspecified atom stereocenters. The molecule has 0 radical (unpaired) electrons. The standard InChI is InChI=1S/C7H9FN4/c1-12(2)5-9-7-4-3-6(8)10-11-7/h3-5H,1-2H3. The van der Waals surface area contributed by atoms with Gasteiger partial charge in [-0.05, 0) is 12.1 Å². The Morgan fingerprint density at radius 3 is 2.67 bits per heavy atom. The molecule has 0 atom stereocenters. The minimum atomic E-state index is -0.598. The lowest BCUT2D eigenvalue weighted by atomic mass is 10.5. The second kappa shape index (κ2) is 3.75. The number of nitrogens with zero attached hydrogens (tertiary/aromatic N) is 4. The molecule has 1 aromatic heterocycles. The molecule has 0 saturated heterocycles. The van der Waals surface area contributed by atoms with Crippen molar-refractivity contribution in [1.82, 2.24) is 15.1 Å². The van der Waals surface area contributed by atoms with Crippen LogP contribution in [0.4, 0.5) is 10.2 Å². The number of rotatable bonds is 2. The van der Waals surface area contributed by atoms with E-state index in [1.54, 1.807) is 11.2 Å². The first kappa shape index (κ1) is 8.58. The van der Waals surface area contributed by atoms with E-state index >= 15 is 0 Å². The minimum absolute atomic E-state index is 0.394. The number of hydrogen-bond donors (Lipinski definition) is 0.